The molecule has 2 aromatic carbocycles. The summed E-state index contributed by atoms with van der Waals surface area (Å²) in [6.45, 7) is 5.52. The minimum absolute atomic E-state index is 0.0604. The number of nitrogens with zero attached hydrogens (tertiary/aromatic N) is 2. The van der Waals surface area contributed by atoms with Gasteiger partial charge in [-0.15, -0.1) is 0 Å². The number of likely N-dealkylation sites (tertiary alicyclic amines) is 1. The van der Waals surface area contributed by atoms with E-state index in [2.05, 4.69) is 17.1 Å². The fourth-order valence-corrected chi connectivity index (χ4v) is 4.24. The molecule has 1 saturated heterocycles. The number of hydrogen-bond acceptors (Lipinski definition) is 3. The number of carbonyl (C=O) groups is 2. The lowest BCUT2D eigenvalue weighted by Crippen LogP contribution is -2.49. The molecular formula is C25H32ClN3O2. The molecule has 1 aliphatic heterocycles. The molecule has 1 N–H and O–H groups in total. The second-order valence-corrected chi connectivity index (χ2v) is 8.52. The molecule has 0 saturated carbocycles. The lowest BCUT2D eigenvalue weighted by atomic mass is 10.0. The maximum absolute atomic E-state index is 12.7. The first-order valence-electron chi connectivity index (χ1n) is 11.2. The molecule has 0 radical (unpaired) electrons. The number of amides is 2. The first kappa shape index (κ1) is 23.3. The summed E-state index contributed by atoms with van der Waals surface area (Å²) in [5, 5.41) is 3.77. The maximum Gasteiger partial charge on any atom is 0.253 e. The van der Waals surface area contributed by atoms with Gasteiger partial charge in [0.05, 0.1) is 6.54 Å². The van der Waals surface area contributed by atoms with Crippen molar-refractivity contribution in [2.24, 2.45) is 0 Å². The fraction of sp³-hybridized carbons (Fsp3) is 0.440. The van der Waals surface area contributed by atoms with Crippen LogP contribution in [0.1, 0.15) is 42.1 Å². The van der Waals surface area contributed by atoms with E-state index in [-0.39, 0.29) is 11.8 Å². The predicted octanol–water partition coefficient (Wildman–Crippen LogP) is 4.02. The van der Waals surface area contributed by atoms with E-state index in [1.807, 2.05) is 59.5 Å². The number of rotatable bonds is 9. The molecule has 0 bridgehead atoms. The van der Waals surface area contributed by atoms with Crippen LogP contribution < -0.4 is 5.32 Å². The summed E-state index contributed by atoms with van der Waals surface area (Å²) in [6, 6.07) is 17.5. The van der Waals surface area contributed by atoms with Crippen molar-refractivity contribution >= 4 is 23.4 Å². The van der Waals surface area contributed by atoms with E-state index in [0.29, 0.717) is 19.1 Å². The highest BCUT2D eigenvalue weighted by Gasteiger charge is 2.28. The number of hydrogen-bond donors (Lipinski definition) is 1. The van der Waals surface area contributed by atoms with Crippen molar-refractivity contribution in [1.82, 2.24) is 15.1 Å². The molecule has 0 atom stereocenters. The van der Waals surface area contributed by atoms with E-state index >= 15 is 0 Å². The van der Waals surface area contributed by atoms with Gasteiger partial charge in [-0.2, -0.15) is 0 Å². The molecule has 1 heterocycles. The minimum Gasteiger partial charge on any atom is -0.355 e. The van der Waals surface area contributed by atoms with Gasteiger partial charge in [-0.05, 0) is 62.1 Å². The minimum atomic E-state index is 0.0604. The molecule has 6 heteroatoms. The van der Waals surface area contributed by atoms with Crippen LogP contribution >= 0.6 is 11.6 Å². The average Bonchev–Trinajstić information content (AvgIpc) is 2.80. The van der Waals surface area contributed by atoms with Gasteiger partial charge in [0.15, 0.2) is 0 Å². The van der Waals surface area contributed by atoms with Gasteiger partial charge in [-0.3, -0.25) is 14.5 Å². The fourth-order valence-electron chi connectivity index (χ4n) is 4.11. The zero-order valence-corrected chi connectivity index (χ0v) is 19.0. The largest absolute Gasteiger partial charge is 0.355 e. The van der Waals surface area contributed by atoms with Crippen LogP contribution in [0.3, 0.4) is 0 Å². The van der Waals surface area contributed by atoms with Crippen molar-refractivity contribution in [1.29, 1.82) is 0 Å². The van der Waals surface area contributed by atoms with Crippen molar-refractivity contribution in [3.8, 4) is 0 Å². The number of carbonyl (C=O) groups excluding carboxylic acids is 2. The predicted molar refractivity (Wildman–Crippen MR) is 125 cm³/mol. The number of piperidine rings is 1. The molecule has 0 aromatic heterocycles. The molecule has 1 fully saturated rings. The number of halogens is 1. The van der Waals surface area contributed by atoms with Crippen LogP contribution in [0.5, 0.6) is 0 Å². The van der Waals surface area contributed by atoms with Crippen LogP contribution in [-0.4, -0.2) is 60.4 Å². The Kier molecular flexibility index (Phi) is 8.92. The SMILES string of the molecule is CCCN(CC(=O)NCCc1ccc(Cl)cc1)C1CCN(C(=O)c2ccccc2)CC1. The van der Waals surface area contributed by atoms with E-state index in [0.717, 1.165) is 61.5 Å². The van der Waals surface area contributed by atoms with E-state index in [9.17, 15) is 9.59 Å². The number of nitrogens with one attached hydrogen (secondary N) is 1. The normalized spacial score (nSPS) is 14.6. The Morgan fingerprint density at radius 1 is 1.06 bits per heavy atom. The zero-order valence-electron chi connectivity index (χ0n) is 18.2. The average molecular weight is 442 g/mol. The highest BCUT2D eigenvalue weighted by atomic mass is 35.5. The molecule has 166 valence electrons. The highest BCUT2D eigenvalue weighted by Crippen LogP contribution is 2.19. The topological polar surface area (TPSA) is 52.7 Å². The van der Waals surface area contributed by atoms with E-state index in [1.165, 1.54) is 0 Å². The molecule has 2 amide bonds. The van der Waals surface area contributed by atoms with Gasteiger partial charge in [-0.25, -0.2) is 0 Å². The Morgan fingerprint density at radius 3 is 2.39 bits per heavy atom. The smallest absolute Gasteiger partial charge is 0.253 e. The van der Waals surface area contributed by atoms with Gasteiger partial charge in [0, 0.05) is 36.3 Å². The van der Waals surface area contributed by atoms with Crippen LogP contribution in [0.15, 0.2) is 54.6 Å². The summed E-state index contributed by atoms with van der Waals surface area (Å²) in [5.41, 5.74) is 1.90. The van der Waals surface area contributed by atoms with Crippen LogP contribution in [0.25, 0.3) is 0 Å². The van der Waals surface area contributed by atoms with Crippen molar-refractivity contribution in [2.45, 2.75) is 38.6 Å². The standard InChI is InChI=1S/C25H32ClN3O2/c1-2-16-29(19-24(30)27-15-12-20-8-10-22(26)11-9-20)23-13-17-28(18-14-23)25(31)21-6-4-3-5-7-21/h3-11,23H,2,12-19H2,1H3,(H,27,30). The Balaban J connectivity index is 1.45. The van der Waals surface area contributed by atoms with Gasteiger partial charge < -0.3 is 10.2 Å². The van der Waals surface area contributed by atoms with E-state index in [1.54, 1.807) is 0 Å². The van der Waals surface area contributed by atoms with E-state index < -0.39 is 0 Å². The summed E-state index contributed by atoms with van der Waals surface area (Å²) in [5.74, 6) is 0.159. The van der Waals surface area contributed by atoms with Crippen molar-refractivity contribution in [3.05, 3.63) is 70.7 Å². The van der Waals surface area contributed by atoms with Crippen LogP contribution in [0.4, 0.5) is 0 Å². The third-order valence-corrected chi connectivity index (χ3v) is 6.05. The van der Waals surface area contributed by atoms with Crippen LogP contribution in [-0.2, 0) is 11.2 Å². The molecule has 2 aromatic rings. The highest BCUT2D eigenvalue weighted by molar-refractivity contribution is 6.30. The van der Waals surface area contributed by atoms with Gasteiger partial charge in [-0.1, -0.05) is 48.9 Å². The summed E-state index contributed by atoms with van der Waals surface area (Å²) in [4.78, 5) is 29.4. The summed E-state index contributed by atoms with van der Waals surface area (Å²) in [7, 11) is 0. The van der Waals surface area contributed by atoms with Gasteiger partial charge in [0.25, 0.3) is 5.91 Å². The zero-order chi connectivity index (χ0) is 22.1. The third-order valence-electron chi connectivity index (χ3n) is 5.80. The molecule has 0 unspecified atom stereocenters. The Labute approximate surface area is 190 Å². The lowest BCUT2D eigenvalue weighted by Gasteiger charge is -2.38. The quantitative estimate of drug-likeness (QED) is 0.639. The van der Waals surface area contributed by atoms with Crippen LogP contribution in [0, 0.1) is 0 Å². The Morgan fingerprint density at radius 2 is 1.74 bits per heavy atom. The second-order valence-electron chi connectivity index (χ2n) is 8.09. The summed E-state index contributed by atoms with van der Waals surface area (Å²) < 4.78 is 0. The van der Waals surface area contributed by atoms with Gasteiger partial charge in [0.1, 0.15) is 0 Å². The molecule has 0 aliphatic carbocycles. The summed E-state index contributed by atoms with van der Waals surface area (Å²) >= 11 is 5.92. The van der Waals surface area contributed by atoms with Crippen molar-refractivity contribution in [2.75, 3.05) is 32.7 Å². The molecular weight excluding hydrogens is 410 g/mol. The first-order valence-corrected chi connectivity index (χ1v) is 11.5. The van der Waals surface area contributed by atoms with Crippen molar-refractivity contribution in [3.63, 3.8) is 0 Å². The van der Waals surface area contributed by atoms with E-state index in [4.69, 9.17) is 11.6 Å². The second kappa shape index (κ2) is 11.9. The molecule has 5 nitrogen and oxygen atoms in total. The third kappa shape index (κ3) is 7.08. The summed E-state index contributed by atoms with van der Waals surface area (Å²) in [6.07, 6.45) is 3.59. The molecule has 1 aliphatic rings. The lowest BCUT2D eigenvalue weighted by molar-refractivity contribution is -0.123. The maximum atomic E-state index is 12.7. The monoisotopic (exact) mass is 441 g/mol. The van der Waals surface area contributed by atoms with Crippen LogP contribution in [0.2, 0.25) is 5.02 Å². The van der Waals surface area contributed by atoms with Gasteiger partial charge >= 0.3 is 0 Å². The molecule has 3 rings (SSSR count). The van der Waals surface area contributed by atoms with Crippen molar-refractivity contribution < 1.29 is 9.59 Å². The van der Waals surface area contributed by atoms with Gasteiger partial charge in [0.2, 0.25) is 5.91 Å². The molecule has 0 spiro atoms. The first-order chi connectivity index (χ1) is 15.1. The molecule has 31 heavy (non-hydrogen) atoms. The number of benzene rings is 2. The Bertz CT molecular complexity index is 834. The Hall–Kier alpha value is -2.37.